The molecule has 0 aliphatic heterocycles. The van der Waals surface area contributed by atoms with Crippen molar-refractivity contribution in [1.82, 2.24) is 5.32 Å². The van der Waals surface area contributed by atoms with E-state index in [9.17, 15) is 18.0 Å². The van der Waals surface area contributed by atoms with Crippen LogP contribution < -0.4 is 21.1 Å². The number of carbonyl (C=O) groups excluding carboxylic acids is 1. The number of benzene rings is 2. The Morgan fingerprint density at radius 3 is 2.38 bits per heavy atom. The topological polar surface area (TPSA) is 76.4 Å². The van der Waals surface area contributed by atoms with Gasteiger partial charge in [0.2, 0.25) is 5.91 Å². The molecule has 0 heterocycles. The van der Waals surface area contributed by atoms with Gasteiger partial charge in [-0.1, -0.05) is 12.1 Å². The second kappa shape index (κ2) is 7.94. The summed E-state index contributed by atoms with van der Waals surface area (Å²) < 4.78 is 45.8. The Hall–Kier alpha value is -2.74. The van der Waals surface area contributed by atoms with Crippen molar-refractivity contribution in [2.75, 3.05) is 5.32 Å². The number of nitrogens with one attached hydrogen (secondary N) is 2. The molecule has 0 spiro atoms. The SMILES string of the molecule is CC(C)Oc1ccc(Nc2ccc(CNC(=O)C3(N)CC3)cc2)c(C(F)(F)F)c1. The zero-order valence-electron chi connectivity index (χ0n) is 16.3. The van der Waals surface area contributed by atoms with Crippen LogP contribution in [-0.2, 0) is 17.5 Å². The van der Waals surface area contributed by atoms with Gasteiger partial charge in [-0.3, -0.25) is 4.79 Å². The number of alkyl halides is 3. The van der Waals surface area contributed by atoms with E-state index in [0.717, 1.165) is 11.6 Å². The van der Waals surface area contributed by atoms with Crippen LogP contribution in [0.3, 0.4) is 0 Å². The lowest BCUT2D eigenvalue weighted by molar-refractivity contribution is -0.137. The lowest BCUT2D eigenvalue weighted by atomic mass is 10.1. The third-order valence-corrected chi connectivity index (χ3v) is 4.60. The Balaban J connectivity index is 1.69. The summed E-state index contributed by atoms with van der Waals surface area (Å²) >= 11 is 0. The molecule has 156 valence electrons. The van der Waals surface area contributed by atoms with Crippen LogP contribution in [0, 0.1) is 0 Å². The molecule has 0 aromatic heterocycles. The summed E-state index contributed by atoms with van der Waals surface area (Å²) in [5, 5.41) is 5.58. The zero-order valence-corrected chi connectivity index (χ0v) is 16.3. The summed E-state index contributed by atoms with van der Waals surface area (Å²) in [6.45, 7) is 3.82. The normalized spacial score (nSPS) is 15.1. The quantitative estimate of drug-likeness (QED) is 0.638. The van der Waals surface area contributed by atoms with Crippen molar-refractivity contribution in [1.29, 1.82) is 0 Å². The molecule has 0 bridgehead atoms. The fourth-order valence-electron chi connectivity index (χ4n) is 2.79. The van der Waals surface area contributed by atoms with Crippen LogP contribution in [0.15, 0.2) is 42.5 Å². The molecule has 0 unspecified atom stereocenters. The van der Waals surface area contributed by atoms with E-state index < -0.39 is 17.3 Å². The maximum absolute atomic E-state index is 13.5. The predicted molar refractivity (Wildman–Crippen MR) is 105 cm³/mol. The summed E-state index contributed by atoms with van der Waals surface area (Å²) in [6.07, 6.45) is -3.38. The fourth-order valence-corrected chi connectivity index (χ4v) is 2.79. The van der Waals surface area contributed by atoms with Crippen LogP contribution in [0.5, 0.6) is 5.75 Å². The molecule has 1 fully saturated rings. The van der Waals surface area contributed by atoms with Crippen molar-refractivity contribution >= 4 is 17.3 Å². The van der Waals surface area contributed by atoms with Crippen molar-refractivity contribution in [2.45, 2.75) is 51.1 Å². The van der Waals surface area contributed by atoms with E-state index in [-0.39, 0.29) is 23.4 Å². The van der Waals surface area contributed by atoms with Crippen molar-refractivity contribution in [3.05, 3.63) is 53.6 Å². The Morgan fingerprint density at radius 1 is 1.17 bits per heavy atom. The molecular weight excluding hydrogens is 383 g/mol. The molecule has 0 atom stereocenters. The standard InChI is InChI=1S/C21H24F3N3O2/c1-13(2)29-16-7-8-18(17(11-16)21(22,23)24)27-15-5-3-14(4-6-15)12-26-19(28)20(25)9-10-20/h3-8,11,13,27H,9-10,12,25H2,1-2H3,(H,26,28). The summed E-state index contributed by atoms with van der Waals surface area (Å²) in [5.74, 6) is -0.0180. The molecule has 3 rings (SSSR count). The van der Waals surface area contributed by atoms with Crippen LogP contribution >= 0.6 is 0 Å². The molecule has 1 aliphatic rings. The average Bonchev–Trinajstić information content (AvgIpc) is 3.39. The van der Waals surface area contributed by atoms with Crippen LogP contribution in [0.1, 0.15) is 37.8 Å². The number of nitrogens with two attached hydrogens (primary N) is 1. The van der Waals surface area contributed by atoms with Gasteiger partial charge in [-0.05, 0) is 62.6 Å². The van der Waals surface area contributed by atoms with Crippen molar-refractivity contribution in [2.24, 2.45) is 5.73 Å². The number of halogens is 3. The first-order valence-corrected chi connectivity index (χ1v) is 9.38. The highest BCUT2D eigenvalue weighted by Crippen LogP contribution is 2.38. The minimum absolute atomic E-state index is 0.0616. The number of anilines is 2. The lowest BCUT2D eigenvalue weighted by Gasteiger charge is -2.18. The second-order valence-corrected chi connectivity index (χ2v) is 7.53. The Labute approximate surface area is 167 Å². The molecule has 2 aromatic carbocycles. The van der Waals surface area contributed by atoms with Gasteiger partial charge < -0.3 is 21.1 Å². The van der Waals surface area contributed by atoms with Crippen LogP contribution in [0.4, 0.5) is 24.5 Å². The highest BCUT2D eigenvalue weighted by Gasteiger charge is 2.45. The number of amides is 1. The Morgan fingerprint density at radius 2 is 1.83 bits per heavy atom. The Kier molecular flexibility index (Phi) is 5.75. The van der Waals surface area contributed by atoms with Crippen LogP contribution in [-0.4, -0.2) is 17.6 Å². The van der Waals surface area contributed by atoms with Crippen molar-refractivity contribution < 1.29 is 22.7 Å². The molecule has 5 nitrogen and oxygen atoms in total. The van der Waals surface area contributed by atoms with E-state index in [1.165, 1.54) is 12.1 Å². The largest absolute Gasteiger partial charge is 0.491 e. The first kappa shape index (κ1) is 21.0. The van der Waals surface area contributed by atoms with E-state index in [0.29, 0.717) is 25.1 Å². The van der Waals surface area contributed by atoms with Gasteiger partial charge in [-0.25, -0.2) is 0 Å². The number of rotatable bonds is 7. The van der Waals surface area contributed by atoms with Gasteiger partial charge in [0.05, 0.1) is 22.9 Å². The first-order valence-electron chi connectivity index (χ1n) is 9.38. The molecule has 2 aromatic rings. The maximum Gasteiger partial charge on any atom is 0.418 e. The molecular formula is C21H24F3N3O2. The summed E-state index contributed by atoms with van der Waals surface area (Å²) in [7, 11) is 0. The van der Waals surface area contributed by atoms with Crippen molar-refractivity contribution in [3.8, 4) is 5.75 Å². The molecule has 1 saturated carbocycles. The Bertz CT molecular complexity index is 876. The minimum Gasteiger partial charge on any atom is -0.491 e. The predicted octanol–water partition coefficient (Wildman–Crippen LogP) is 4.34. The molecule has 8 heteroatoms. The number of ether oxygens (including phenoxy) is 1. The number of carbonyl (C=O) groups is 1. The third-order valence-electron chi connectivity index (χ3n) is 4.60. The number of hydrogen-bond donors (Lipinski definition) is 3. The van der Waals surface area contributed by atoms with Crippen LogP contribution in [0.25, 0.3) is 0 Å². The molecule has 0 radical (unpaired) electrons. The lowest BCUT2D eigenvalue weighted by Crippen LogP contribution is -2.42. The molecule has 4 N–H and O–H groups in total. The molecule has 1 aliphatic carbocycles. The van der Waals surface area contributed by atoms with Gasteiger partial charge in [-0.15, -0.1) is 0 Å². The number of hydrogen-bond acceptors (Lipinski definition) is 4. The van der Waals surface area contributed by atoms with E-state index in [1.807, 2.05) is 0 Å². The first-order chi connectivity index (χ1) is 13.6. The zero-order chi connectivity index (χ0) is 21.2. The van der Waals surface area contributed by atoms with Gasteiger partial charge in [0.1, 0.15) is 5.75 Å². The average molecular weight is 407 g/mol. The van der Waals surface area contributed by atoms with E-state index >= 15 is 0 Å². The van der Waals surface area contributed by atoms with Crippen molar-refractivity contribution in [3.63, 3.8) is 0 Å². The van der Waals surface area contributed by atoms with E-state index in [2.05, 4.69) is 10.6 Å². The highest BCUT2D eigenvalue weighted by molar-refractivity contribution is 5.88. The molecule has 0 saturated heterocycles. The maximum atomic E-state index is 13.5. The van der Waals surface area contributed by atoms with Crippen LogP contribution in [0.2, 0.25) is 0 Å². The second-order valence-electron chi connectivity index (χ2n) is 7.53. The highest BCUT2D eigenvalue weighted by atomic mass is 19.4. The van der Waals surface area contributed by atoms with Gasteiger partial charge in [0.25, 0.3) is 0 Å². The fraction of sp³-hybridized carbons (Fsp3) is 0.381. The minimum atomic E-state index is -4.52. The monoisotopic (exact) mass is 407 g/mol. The van der Waals surface area contributed by atoms with E-state index in [1.54, 1.807) is 38.1 Å². The molecule has 29 heavy (non-hydrogen) atoms. The van der Waals surface area contributed by atoms with Gasteiger partial charge in [-0.2, -0.15) is 13.2 Å². The van der Waals surface area contributed by atoms with Gasteiger partial charge in [0, 0.05) is 12.2 Å². The van der Waals surface area contributed by atoms with Gasteiger partial charge in [0.15, 0.2) is 0 Å². The summed E-state index contributed by atoms with van der Waals surface area (Å²) in [4.78, 5) is 11.9. The van der Waals surface area contributed by atoms with E-state index in [4.69, 9.17) is 10.5 Å². The molecule has 1 amide bonds. The van der Waals surface area contributed by atoms with Gasteiger partial charge >= 0.3 is 6.18 Å². The smallest absolute Gasteiger partial charge is 0.418 e. The summed E-state index contributed by atoms with van der Waals surface area (Å²) in [6, 6.07) is 10.6. The summed E-state index contributed by atoms with van der Waals surface area (Å²) in [5.41, 5.74) is 5.55. The third kappa shape index (κ3) is 5.41.